The largest absolute Gasteiger partial charge is 0.0993 e. The minimum absolute atomic E-state index is 0.868. The van der Waals surface area contributed by atoms with Gasteiger partial charge in [0.2, 0.25) is 0 Å². The van der Waals surface area contributed by atoms with Crippen molar-refractivity contribution < 1.29 is 0 Å². The van der Waals surface area contributed by atoms with E-state index in [9.17, 15) is 0 Å². The summed E-state index contributed by atoms with van der Waals surface area (Å²) in [5, 5.41) is 0. The number of hydrogen-bond donors (Lipinski definition) is 0. The Balaban J connectivity index is 1.96. The molecule has 0 amide bonds. The molecule has 2 fully saturated rings. The minimum atomic E-state index is 0.868. The third kappa shape index (κ3) is 1.56. The van der Waals surface area contributed by atoms with Gasteiger partial charge in [-0.15, -0.1) is 0 Å². The van der Waals surface area contributed by atoms with Crippen LogP contribution in [0.3, 0.4) is 0 Å². The zero-order valence-electron chi connectivity index (χ0n) is 9.05. The lowest BCUT2D eigenvalue weighted by atomic mass is 9.67. The highest BCUT2D eigenvalue weighted by Crippen LogP contribution is 2.46. The van der Waals surface area contributed by atoms with E-state index < -0.39 is 0 Å². The molecule has 0 saturated heterocycles. The second kappa shape index (κ2) is 3.48. The molecule has 2 rings (SSSR count). The first kappa shape index (κ1) is 9.30. The molecule has 2 saturated carbocycles. The molecule has 0 nitrogen and oxygen atoms in total. The summed E-state index contributed by atoms with van der Waals surface area (Å²) in [7, 11) is 0. The van der Waals surface area contributed by atoms with Gasteiger partial charge >= 0.3 is 0 Å². The van der Waals surface area contributed by atoms with Gasteiger partial charge in [-0.1, -0.05) is 38.8 Å². The molecule has 0 aromatic heterocycles. The second-order valence-electron chi connectivity index (χ2n) is 5.25. The third-order valence-electron chi connectivity index (χ3n) is 4.43. The third-order valence-corrected chi connectivity index (χ3v) is 4.43. The van der Waals surface area contributed by atoms with Crippen molar-refractivity contribution in [2.75, 3.05) is 0 Å². The first-order valence-corrected chi connectivity index (χ1v) is 5.89. The summed E-state index contributed by atoms with van der Waals surface area (Å²) in [6.07, 6.45) is 7.15. The molecule has 0 aliphatic heterocycles. The molecule has 2 aliphatic carbocycles. The fraction of sp³-hybridized carbons (Fsp3) is 0.846. The van der Waals surface area contributed by atoms with E-state index >= 15 is 0 Å². The van der Waals surface area contributed by atoms with E-state index in [0.717, 1.165) is 23.7 Å². The van der Waals surface area contributed by atoms with Gasteiger partial charge in [0, 0.05) is 0 Å². The van der Waals surface area contributed by atoms with Crippen molar-refractivity contribution in [1.29, 1.82) is 0 Å². The van der Waals surface area contributed by atoms with Gasteiger partial charge in [0.05, 0.1) is 0 Å². The lowest BCUT2D eigenvalue weighted by Gasteiger charge is -2.38. The molecule has 4 atom stereocenters. The Kier molecular flexibility index (Phi) is 2.49. The Hall–Kier alpha value is -0.260. The van der Waals surface area contributed by atoms with E-state index in [0.29, 0.717) is 0 Å². The summed E-state index contributed by atoms with van der Waals surface area (Å²) >= 11 is 0. The van der Waals surface area contributed by atoms with Gasteiger partial charge in [0.25, 0.3) is 0 Å². The summed E-state index contributed by atoms with van der Waals surface area (Å²) in [4.78, 5) is 0. The molecule has 0 heteroatoms. The van der Waals surface area contributed by atoms with Gasteiger partial charge in [-0.2, -0.15) is 0 Å². The highest BCUT2D eigenvalue weighted by atomic mass is 14.4. The van der Waals surface area contributed by atoms with Crippen LogP contribution < -0.4 is 0 Å². The molecule has 0 aromatic carbocycles. The second-order valence-corrected chi connectivity index (χ2v) is 5.25. The highest BCUT2D eigenvalue weighted by Gasteiger charge is 2.35. The Morgan fingerprint density at radius 3 is 1.92 bits per heavy atom. The molecule has 0 N–H and O–H groups in total. The highest BCUT2D eigenvalue weighted by molar-refractivity contribution is 5.13. The maximum Gasteiger partial charge on any atom is -0.0177 e. The van der Waals surface area contributed by atoms with Crippen molar-refractivity contribution in [3.8, 4) is 0 Å². The monoisotopic (exact) mass is 178 g/mol. The molecule has 0 heterocycles. The lowest BCUT2D eigenvalue weighted by Crippen LogP contribution is -2.28. The predicted octanol–water partition coefficient (Wildman–Crippen LogP) is 4.02. The van der Waals surface area contributed by atoms with Crippen molar-refractivity contribution in [2.24, 2.45) is 23.7 Å². The Bertz CT molecular complexity index is 204. The first-order valence-electron chi connectivity index (χ1n) is 5.89. The van der Waals surface area contributed by atoms with Gasteiger partial charge in [-0.25, -0.2) is 0 Å². The van der Waals surface area contributed by atoms with Gasteiger partial charge in [0.1, 0.15) is 0 Å². The SMILES string of the molecule is C=C(C1CCCC1C)C1CCC1C. The van der Waals surface area contributed by atoms with Gasteiger partial charge in [-0.05, 0) is 42.9 Å². The van der Waals surface area contributed by atoms with Crippen molar-refractivity contribution >= 4 is 0 Å². The quantitative estimate of drug-likeness (QED) is 0.560. The van der Waals surface area contributed by atoms with E-state index in [1.54, 1.807) is 5.57 Å². The average Bonchev–Trinajstić information content (AvgIpc) is 2.48. The fourth-order valence-electron chi connectivity index (χ4n) is 3.19. The van der Waals surface area contributed by atoms with Crippen molar-refractivity contribution in [1.82, 2.24) is 0 Å². The van der Waals surface area contributed by atoms with Gasteiger partial charge in [-0.3, -0.25) is 0 Å². The van der Waals surface area contributed by atoms with Crippen molar-refractivity contribution in [3.63, 3.8) is 0 Å². The van der Waals surface area contributed by atoms with Crippen molar-refractivity contribution in [3.05, 3.63) is 12.2 Å². The zero-order chi connectivity index (χ0) is 9.42. The van der Waals surface area contributed by atoms with Crippen LogP contribution in [0.15, 0.2) is 12.2 Å². The van der Waals surface area contributed by atoms with Crippen LogP contribution in [0.1, 0.15) is 46.0 Å². The standard InChI is InChI=1S/C13H22/c1-9-5-4-6-12(9)11(3)13-8-7-10(13)2/h9-10,12-13H,3-8H2,1-2H3. The molecular formula is C13H22. The maximum atomic E-state index is 4.36. The van der Waals surface area contributed by atoms with Crippen LogP contribution in [0.4, 0.5) is 0 Å². The molecule has 13 heavy (non-hydrogen) atoms. The zero-order valence-corrected chi connectivity index (χ0v) is 9.05. The van der Waals surface area contributed by atoms with Gasteiger partial charge < -0.3 is 0 Å². The molecule has 0 bridgehead atoms. The lowest BCUT2D eigenvalue weighted by molar-refractivity contribution is 0.213. The van der Waals surface area contributed by atoms with Crippen LogP contribution in [0.25, 0.3) is 0 Å². The normalized spacial score (nSPS) is 44.5. The minimum Gasteiger partial charge on any atom is -0.0993 e. The predicted molar refractivity (Wildman–Crippen MR) is 57.5 cm³/mol. The molecule has 0 aromatic rings. The summed E-state index contributed by atoms with van der Waals surface area (Å²) in [5.74, 6) is 3.60. The first-order chi connectivity index (χ1) is 6.20. The smallest absolute Gasteiger partial charge is 0.0177 e. The molecule has 4 unspecified atom stereocenters. The Morgan fingerprint density at radius 2 is 1.54 bits per heavy atom. The molecular weight excluding hydrogens is 156 g/mol. The van der Waals surface area contributed by atoms with Crippen LogP contribution in [-0.2, 0) is 0 Å². The number of allylic oxidation sites excluding steroid dienone is 1. The summed E-state index contributed by atoms with van der Waals surface area (Å²) < 4.78 is 0. The van der Waals surface area contributed by atoms with Crippen molar-refractivity contribution in [2.45, 2.75) is 46.0 Å². The molecule has 0 spiro atoms. The fourth-order valence-corrected chi connectivity index (χ4v) is 3.19. The van der Waals surface area contributed by atoms with Gasteiger partial charge in [0.15, 0.2) is 0 Å². The topological polar surface area (TPSA) is 0 Å². The van der Waals surface area contributed by atoms with E-state index in [2.05, 4.69) is 20.4 Å². The summed E-state index contributed by atoms with van der Waals surface area (Å²) in [6, 6.07) is 0. The van der Waals surface area contributed by atoms with E-state index in [4.69, 9.17) is 0 Å². The molecule has 74 valence electrons. The molecule has 0 radical (unpaired) electrons. The van der Waals surface area contributed by atoms with Crippen LogP contribution in [0.5, 0.6) is 0 Å². The van der Waals surface area contributed by atoms with E-state index in [-0.39, 0.29) is 0 Å². The van der Waals surface area contributed by atoms with E-state index in [1.165, 1.54) is 32.1 Å². The number of hydrogen-bond acceptors (Lipinski definition) is 0. The van der Waals surface area contributed by atoms with Crippen LogP contribution in [0, 0.1) is 23.7 Å². The number of rotatable bonds is 2. The van der Waals surface area contributed by atoms with Crippen LogP contribution in [-0.4, -0.2) is 0 Å². The van der Waals surface area contributed by atoms with E-state index in [1.807, 2.05) is 0 Å². The Morgan fingerprint density at radius 1 is 0.923 bits per heavy atom. The maximum absolute atomic E-state index is 4.36. The Labute approximate surface area is 82.4 Å². The van der Waals surface area contributed by atoms with Crippen LogP contribution >= 0.6 is 0 Å². The van der Waals surface area contributed by atoms with Crippen LogP contribution in [0.2, 0.25) is 0 Å². The molecule has 2 aliphatic rings. The summed E-state index contributed by atoms with van der Waals surface area (Å²) in [6.45, 7) is 9.16. The average molecular weight is 178 g/mol. The summed E-state index contributed by atoms with van der Waals surface area (Å²) in [5.41, 5.74) is 1.60.